The lowest BCUT2D eigenvalue weighted by molar-refractivity contribution is -0.387. The van der Waals surface area contributed by atoms with E-state index in [2.05, 4.69) is 5.32 Å². The zero-order valence-corrected chi connectivity index (χ0v) is 12.6. The van der Waals surface area contributed by atoms with Crippen molar-refractivity contribution in [1.29, 1.82) is 0 Å². The van der Waals surface area contributed by atoms with Crippen LogP contribution >= 0.6 is 11.8 Å². The molecule has 0 aliphatic heterocycles. The Morgan fingerprint density at radius 1 is 1.38 bits per heavy atom. The van der Waals surface area contributed by atoms with E-state index in [9.17, 15) is 24.8 Å². The van der Waals surface area contributed by atoms with E-state index in [0.717, 1.165) is 11.8 Å². The lowest BCUT2D eigenvalue weighted by atomic mass is 10.0. The Balaban J connectivity index is 3.10. The summed E-state index contributed by atoms with van der Waals surface area (Å²) in [5, 5.41) is 22.6. The van der Waals surface area contributed by atoms with Crippen LogP contribution < -0.4 is 5.32 Å². The molecule has 1 atom stereocenters. The highest BCUT2D eigenvalue weighted by atomic mass is 32.2. The average molecular weight is 312 g/mol. The molecule has 0 spiro atoms. The molecular formula is C13H16N2O5S. The SMILES string of the molecule is CC(=O)NC(C(=O)O)C(C)(C)Sc1ccccc1[N+](=O)[O-]. The summed E-state index contributed by atoms with van der Waals surface area (Å²) < 4.78 is -0.969. The summed E-state index contributed by atoms with van der Waals surface area (Å²) in [6.07, 6.45) is 0. The predicted octanol–water partition coefficient (Wildman–Crippen LogP) is 2.05. The molecule has 0 aliphatic carbocycles. The number of carboxylic acid groups (broad SMARTS) is 1. The molecule has 1 amide bonds. The summed E-state index contributed by atoms with van der Waals surface area (Å²) in [5.74, 6) is -1.67. The lowest BCUT2D eigenvalue weighted by Gasteiger charge is -2.30. The molecule has 2 N–H and O–H groups in total. The Bertz CT molecular complexity index is 573. The number of hydrogen-bond donors (Lipinski definition) is 2. The fraction of sp³-hybridized carbons (Fsp3) is 0.385. The Morgan fingerprint density at radius 3 is 2.43 bits per heavy atom. The largest absolute Gasteiger partial charge is 0.480 e. The number of benzene rings is 1. The Morgan fingerprint density at radius 2 is 1.95 bits per heavy atom. The summed E-state index contributed by atoms with van der Waals surface area (Å²) in [4.78, 5) is 33.3. The third-order valence-corrected chi connectivity index (χ3v) is 4.05. The zero-order valence-electron chi connectivity index (χ0n) is 11.8. The summed E-state index contributed by atoms with van der Waals surface area (Å²) in [6.45, 7) is 4.45. The van der Waals surface area contributed by atoms with Crippen molar-refractivity contribution in [2.75, 3.05) is 0 Å². The van der Waals surface area contributed by atoms with E-state index in [1.807, 2.05) is 0 Å². The van der Waals surface area contributed by atoms with Gasteiger partial charge in [-0.1, -0.05) is 12.1 Å². The van der Waals surface area contributed by atoms with Crippen molar-refractivity contribution in [2.45, 2.75) is 36.5 Å². The maximum absolute atomic E-state index is 11.3. The van der Waals surface area contributed by atoms with Gasteiger partial charge in [0, 0.05) is 17.7 Å². The first kappa shape index (κ1) is 17.0. The average Bonchev–Trinajstić information content (AvgIpc) is 2.35. The number of nitro groups is 1. The van der Waals surface area contributed by atoms with E-state index < -0.39 is 27.6 Å². The lowest BCUT2D eigenvalue weighted by Crippen LogP contribution is -2.51. The van der Waals surface area contributed by atoms with Crippen molar-refractivity contribution in [3.8, 4) is 0 Å². The Hall–Kier alpha value is -2.09. The van der Waals surface area contributed by atoms with Crippen LogP contribution in [0.2, 0.25) is 0 Å². The molecule has 0 aromatic heterocycles. The van der Waals surface area contributed by atoms with Gasteiger partial charge in [0.25, 0.3) is 5.69 Å². The number of para-hydroxylation sites is 1. The minimum Gasteiger partial charge on any atom is -0.480 e. The van der Waals surface area contributed by atoms with Crippen LogP contribution in [0.5, 0.6) is 0 Å². The molecule has 0 radical (unpaired) electrons. The van der Waals surface area contributed by atoms with Gasteiger partial charge < -0.3 is 10.4 Å². The summed E-state index contributed by atoms with van der Waals surface area (Å²) in [7, 11) is 0. The molecule has 1 unspecified atom stereocenters. The number of nitrogens with one attached hydrogen (secondary N) is 1. The number of carbonyl (C=O) groups is 2. The predicted molar refractivity (Wildman–Crippen MR) is 78.3 cm³/mol. The van der Waals surface area contributed by atoms with Gasteiger partial charge in [-0.15, -0.1) is 11.8 Å². The van der Waals surface area contributed by atoms with Crippen LogP contribution in [0.4, 0.5) is 5.69 Å². The number of carbonyl (C=O) groups excluding carboxylic acids is 1. The van der Waals surface area contributed by atoms with Crippen LogP contribution in [0.3, 0.4) is 0 Å². The smallest absolute Gasteiger partial charge is 0.327 e. The highest BCUT2D eigenvalue weighted by Gasteiger charge is 2.38. The molecule has 0 fully saturated rings. The van der Waals surface area contributed by atoms with E-state index in [1.165, 1.54) is 19.1 Å². The van der Waals surface area contributed by atoms with E-state index in [0.29, 0.717) is 4.90 Å². The first-order chi connectivity index (χ1) is 9.65. The van der Waals surface area contributed by atoms with Gasteiger partial charge >= 0.3 is 5.97 Å². The number of thioether (sulfide) groups is 1. The molecule has 0 bridgehead atoms. The summed E-state index contributed by atoms with van der Waals surface area (Å²) >= 11 is 1.04. The number of aliphatic carboxylic acids is 1. The van der Waals surface area contributed by atoms with Crippen LogP contribution in [-0.2, 0) is 9.59 Å². The summed E-state index contributed by atoms with van der Waals surface area (Å²) in [5.41, 5.74) is -0.0949. The van der Waals surface area contributed by atoms with E-state index in [-0.39, 0.29) is 5.69 Å². The van der Waals surface area contributed by atoms with Gasteiger partial charge in [0.2, 0.25) is 5.91 Å². The van der Waals surface area contributed by atoms with Crippen molar-refractivity contribution >= 4 is 29.3 Å². The number of carboxylic acids is 1. The molecule has 1 aromatic rings. The second-order valence-corrected chi connectivity index (χ2v) is 6.60. The fourth-order valence-corrected chi connectivity index (χ4v) is 3.01. The minimum atomic E-state index is -1.19. The van der Waals surface area contributed by atoms with Crippen molar-refractivity contribution < 1.29 is 19.6 Å². The molecule has 1 rings (SSSR count). The second-order valence-electron chi connectivity index (χ2n) is 4.90. The number of nitro benzene ring substituents is 1. The van der Waals surface area contributed by atoms with Crippen LogP contribution in [0.1, 0.15) is 20.8 Å². The number of rotatable bonds is 6. The molecule has 0 saturated heterocycles. The van der Waals surface area contributed by atoms with Gasteiger partial charge in [0.05, 0.1) is 9.82 Å². The third kappa shape index (κ3) is 4.45. The molecular weight excluding hydrogens is 296 g/mol. The van der Waals surface area contributed by atoms with Crippen molar-refractivity contribution in [1.82, 2.24) is 5.32 Å². The van der Waals surface area contributed by atoms with Crippen LogP contribution in [-0.4, -0.2) is 32.7 Å². The number of hydrogen-bond acceptors (Lipinski definition) is 5. The minimum absolute atomic E-state index is 0.0949. The zero-order chi connectivity index (χ0) is 16.2. The molecule has 7 nitrogen and oxygen atoms in total. The van der Waals surface area contributed by atoms with Gasteiger partial charge in [-0.3, -0.25) is 14.9 Å². The van der Waals surface area contributed by atoms with Gasteiger partial charge in [0.15, 0.2) is 0 Å². The highest BCUT2D eigenvalue weighted by Crippen LogP contribution is 2.39. The third-order valence-electron chi connectivity index (χ3n) is 2.72. The van der Waals surface area contributed by atoms with Crippen molar-refractivity contribution in [3.05, 3.63) is 34.4 Å². The maximum Gasteiger partial charge on any atom is 0.327 e. The van der Waals surface area contributed by atoms with Gasteiger partial charge in [-0.25, -0.2) is 4.79 Å². The molecule has 0 heterocycles. The van der Waals surface area contributed by atoms with E-state index >= 15 is 0 Å². The quantitative estimate of drug-likeness (QED) is 0.472. The monoisotopic (exact) mass is 312 g/mol. The topological polar surface area (TPSA) is 110 Å². The van der Waals surface area contributed by atoms with Crippen molar-refractivity contribution in [2.24, 2.45) is 0 Å². The number of nitrogens with zero attached hydrogens (tertiary/aromatic N) is 1. The van der Waals surface area contributed by atoms with E-state index in [4.69, 9.17) is 0 Å². The molecule has 21 heavy (non-hydrogen) atoms. The van der Waals surface area contributed by atoms with E-state index in [1.54, 1.807) is 26.0 Å². The normalized spacial score (nSPS) is 12.5. The molecule has 1 aromatic carbocycles. The first-order valence-corrected chi connectivity index (χ1v) is 6.89. The second kappa shape index (κ2) is 6.57. The van der Waals surface area contributed by atoms with Crippen LogP contribution in [0, 0.1) is 10.1 Å². The van der Waals surface area contributed by atoms with Crippen molar-refractivity contribution in [3.63, 3.8) is 0 Å². The first-order valence-electron chi connectivity index (χ1n) is 6.07. The van der Waals surface area contributed by atoms with Gasteiger partial charge in [0.1, 0.15) is 6.04 Å². The standard InChI is InChI=1S/C13H16N2O5S/c1-8(16)14-11(12(17)18)13(2,3)21-10-7-5-4-6-9(10)15(19)20/h4-7,11H,1-3H3,(H,14,16)(H,17,18). The van der Waals surface area contributed by atoms with Crippen LogP contribution in [0.25, 0.3) is 0 Å². The molecule has 0 aliphatic rings. The maximum atomic E-state index is 11.3. The summed E-state index contributed by atoms with van der Waals surface area (Å²) in [6, 6.07) is 4.92. The Kier molecular flexibility index (Phi) is 5.31. The fourth-order valence-electron chi connectivity index (χ4n) is 1.77. The highest BCUT2D eigenvalue weighted by molar-refractivity contribution is 8.00. The molecule has 0 saturated carbocycles. The molecule has 8 heteroatoms. The van der Waals surface area contributed by atoms with Gasteiger partial charge in [-0.05, 0) is 19.9 Å². The molecule has 114 valence electrons. The number of amides is 1. The van der Waals surface area contributed by atoms with Gasteiger partial charge in [-0.2, -0.15) is 0 Å². The Labute approximate surface area is 125 Å². The van der Waals surface area contributed by atoms with Crippen LogP contribution in [0.15, 0.2) is 29.2 Å².